The normalized spacial score (nSPS) is 18.1. The Kier molecular flexibility index (Phi) is 27.1. The van der Waals surface area contributed by atoms with E-state index in [-0.39, 0.29) is 106 Å². The average Bonchev–Trinajstić information content (AvgIpc) is 3.38. The van der Waals surface area contributed by atoms with Crippen LogP contribution in [0.1, 0.15) is 36.8 Å². The third kappa shape index (κ3) is 19.5. The molecule has 2 aliphatic rings. The standard InChI is InChI=1S/C21H30N6O3.3Na.H2O4S.H2O3S/c22-21(23)25-10-3-7-16(13-28)27(19(29)17-8-4-9-24-17)20(30)18-11-14-5-1-2-6-15(14)12-26-18;;;;1-5(2,3)4;1-4(2)3/h1-2,5-6,13,16-18,24,26H,3-4,7-12H2,(H4,22,23,25);;;;(H2,1,2,3,4);(H2,1,2,3)/q;3*+1;;/p-3/t16-,17-,18?;;;;;/m0...../s1. The zero-order valence-corrected chi connectivity index (χ0v) is 31.4. The first-order valence-corrected chi connectivity index (χ1v) is 14.0. The van der Waals surface area contributed by atoms with E-state index in [0.29, 0.717) is 45.1 Å². The van der Waals surface area contributed by atoms with Crippen LogP contribution in [0.5, 0.6) is 0 Å². The number of hydrogen-bond acceptors (Lipinski definition) is 12. The van der Waals surface area contributed by atoms with Gasteiger partial charge in [-0.1, -0.05) is 24.3 Å². The second kappa shape index (κ2) is 24.4. The van der Waals surface area contributed by atoms with Crippen molar-refractivity contribution in [3.05, 3.63) is 35.4 Å². The summed E-state index contributed by atoms with van der Waals surface area (Å²) in [6.45, 7) is 1.61. The number of aliphatic imine (C=N–C) groups is 1. The Hall–Kier alpha value is 0.160. The van der Waals surface area contributed by atoms with Crippen LogP contribution in [0.2, 0.25) is 0 Å². The summed E-state index contributed by atoms with van der Waals surface area (Å²) >= 11 is -2.86. The zero-order valence-electron chi connectivity index (χ0n) is 23.8. The van der Waals surface area contributed by atoms with Crippen molar-refractivity contribution < 1.29 is 134 Å². The Morgan fingerprint density at radius 1 is 1.12 bits per heavy atom. The van der Waals surface area contributed by atoms with Gasteiger partial charge in [-0.3, -0.25) is 27.9 Å². The molecule has 1 fully saturated rings. The van der Waals surface area contributed by atoms with Crippen molar-refractivity contribution in [3.63, 3.8) is 0 Å². The molecule has 7 N–H and O–H groups in total. The fourth-order valence-electron chi connectivity index (χ4n) is 4.06. The van der Waals surface area contributed by atoms with Crippen LogP contribution in [0.15, 0.2) is 29.3 Å². The molecule has 2 heterocycles. The van der Waals surface area contributed by atoms with Crippen molar-refractivity contribution in [2.45, 2.75) is 56.8 Å². The number of nitrogens with two attached hydrogens (primary N) is 2. The van der Waals surface area contributed by atoms with E-state index < -0.39 is 39.9 Å². The van der Waals surface area contributed by atoms with E-state index >= 15 is 0 Å². The van der Waals surface area contributed by atoms with Gasteiger partial charge in [0.2, 0.25) is 11.8 Å². The molecule has 3 rings (SSSR count). The van der Waals surface area contributed by atoms with Crippen LogP contribution in [0.4, 0.5) is 0 Å². The van der Waals surface area contributed by atoms with Gasteiger partial charge < -0.3 is 45.1 Å². The number of rotatable bonds is 8. The third-order valence-corrected chi connectivity index (χ3v) is 5.65. The summed E-state index contributed by atoms with van der Waals surface area (Å²) in [5.41, 5.74) is 12.9. The maximum atomic E-state index is 13.4. The van der Waals surface area contributed by atoms with E-state index in [1.54, 1.807) is 0 Å². The van der Waals surface area contributed by atoms with Gasteiger partial charge >= 0.3 is 88.7 Å². The van der Waals surface area contributed by atoms with Crippen LogP contribution >= 0.6 is 0 Å². The summed E-state index contributed by atoms with van der Waals surface area (Å²) in [7, 11) is -5.17. The minimum absolute atomic E-state index is 0. The first-order valence-electron chi connectivity index (χ1n) is 11.6. The Balaban J connectivity index is -0.00000111. The first-order chi connectivity index (χ1) is 18.2. The summed E-state index contributed by atoms with van der Waals surface area (Å²) in [6.07, 6.45) is 3.48. The Bertz CT molecular complexity index is 1130. The molecule has 1 saturated heterocycles. The SMILES string of the molecule is NC(N)=NCCC[C@@H](C=O)N(C(=O)C1Cc2ccccc2CN1)C(=O)[C@@H]1CCCN1.O=S(=O)([O-])[O-].O=S([O-])O.[Na+].[Na+].[Na+]. The van der Waals surface area contributed by atoms with Crippen LogP contribution in [0, 0.1) is 0 Å². The van der Waals surface area contributed by atoms with Crippen LogP contribution in [-0.4, -0.2) is 91.0 Å². The van der Waals surface area contributed by atoms with Gasteiger partial charge in [-0.2, -0.15) is 0 Å². The third-order valence-electron chi connectivity index (χ3n) is 5.65. The molecular weight excluding hydrogens is 629 g/mol. The predicted molar refractivity (Wildman–Crippen MR) is 135 cm³/mol. The van der Waals surface area contributed by atoms with Gasteiger partial charge in [0, 0.05) is 23.5 Å². The zero-order chi connectivity index (χ0) is 29.6. The van der Waals surface area contributed by atoms with Gasteiger partial charge in [-0.05, 0) is 49.8 Å². The Morgan fingerprint density at radius 2 is 1.64 bits per heavy atom. The molecule has 0 bridgehead atoms. The van der Waals surface area contributed by atoms with Gasteiger partial charge in [-0.25, -0.2) is 4.21 Å². The second-order valence-corrected chi connectivity index (χ2v) is 9.63. The molecule has 2 unspecified atom stereocenters. The fraction of sp³-hybridized carbons (Fsp3) is 0.524. The molecule has 42 heavy (non-hydrogen) atoms. The quantitative estimate of drug-likeness (QED) is 0.0199. The number of carbonyl (C=O) groups excluding carboxylic acids is 3. The molecule has 4 atom stereocenters. The van der Waals surface area contributed by atoms with Crippen molar-refractivity contribution in [1.29, 1.82) is 0 Å². The fourth-order valence-corrected chi connectivity index (χ4v) is 4.06. The summed E-state index contributed by atoms with van der Waals surface area (Å²) in [5.74, 6) is -0.721. The smallest absolute Gasteiger partial charge is 0.759 e. The monoisotopic (exact) mass is 660 g/mol. The number of carbonyl (C=O) groups is 3. The van der Waals surface area contributed by atoms with Crippen LogP contribution in [0.25, 0.3) is 0 Å². The summed E-state index contributed by atoms with van der Waals surface area (Å²) in [4.78, 5) is 43.6. The predicted octanol–water partition coefficient (Wildman–Crippen LogP) is -11.6. The maximum absolute atomic E-state index is 13.4. The molecular formula is C21H31N6Na3O10S2. The molecule has 2 aliphatic heterocycles. The maximum Gasteiger partial charge on any atom is 1.00 e. The average molecular weight is 661 g/mol. The molecule has 1 aromatic carbocycles. The second-order valence-electron chi connectivity index (χ2n) is 8.38. The molecule has 21 heteroatoms. The molecule has 16 nitrogen and oxygen atoms in total. The van der Waals surface area contributed by atoms with Crippen LogP contribution < -0.4 is 111 Å². The minimum Gasteiger partial charge on any atom is -0.759 e. The Morgan fingerprint density at radius 3 is 2.12 bits per heavy atom. The van der Waals surface area contributed by atoms with Gasteiger partial charge in [0.1, 0.15) is 6.29 Å². The summed E-state index contributed by atoms with van der Waals surface area (Å²) < 4.78 is 58.2. The van der Waals surface area contributed by atoms with E-state index in [0.717, 1.165) is 29.0 Å². The number of nitrogens with zero attached hydrogens (tertiary/aromatic N) is 2. The van der Waals surface area contributed by atoms with Crippen molar-refractivity contribution in [3.8, 4) is 0 Å². The molecule has 0 spiro atoms. The van der Waals surface area contributed by atoms with Gasteiger partial charge in [0.05, 0.1) is 29.5 Å². The van der Waals surface area contributed by atoms with Gasteiger partial charge in [-0.15, -0.1) is 0 Å². The number of benzene rings is 1. The molecule has 220 valence electrons. The van der Waals surface area contributed by atoms with Crippen LogP contribution in [0.3, 0.4) is 0 Å². The number of nitrogens with one attached hydrogen (secondary N) is 2. The number of imide groups is 1. The van der Waals surface area contributed by atoms with E-state index in [2.05, 4.69) is 15.6 Å². The number of fused-ring (bicyclic) bond motifs is 1. The summed E-state index contributed by atoms with van der Waals surface area (Å²) in [5, 5.41) is 6.36. The number of guanidine groups is 1. The van der Waals surface area contributed by atoms with Crippen LogP contribution in [-0.2, 0) is 49.1 Å². The van der Waals surface area contributed by atoms with Gasteiger partial charge in [0.15, 0.2) is 5.96 Å². The number of aldehydes is 1. The van der Waals surface area contributed by atoms with Crippen molar-refractivity contribution in [1.82, 2.24) is 15.5 Å². The molecule has 0 saturated carbocycles. The van der Waals surface area contributed by atoms with Crippen molar-refractivity contribution in [2.24, 2.45) is 16.5 Å². The first kappa shape index (κ1) is 46.6. The molecule has 2 amide bonds. The molecule has 0 radical (unpaired) electrons. The van der Waals surface area contributed by atoms with E-state index in [1.807, 2.05) is 24.3 Å². The van der Waals surface area contributed by atoms with E-state index in [1.165, 1.54) is 0 Å². The van der Waals surface area contributed by atoms with E-state index in [9.17, 15) is 14.4 Å². The molecule has 0 aliphatic carbocycles. The minimum atomic E-state index is -5.17. The summed E-state index contributed by atoms with van der Waals surface area (Å²) in [6, 6.07) is 6.08. The topological polar surface area (TPSA) is 284 Å². The molecule has 0 aromatic heterocycles. The number of hydrogen-bond donors (Lipinski definition) is 5. The largest absolute Gasteiger partial charge is 1.00 e. The van der Waals surface area contributed by atoms with E-state index in [4.69, 9.17) is 42.3 Å². The Labute approximate surface area is 313 Å². The van der Waals surface area contributed by atoms with Gasteiger partial charge in [0.25, 0.3) is 0 Å². The number of amides is 2. The van der Waals surface area contributed by atoms with Crippen molar-refractivity contribution >= 4 is 45.8 Å². The van der Waals surface area contributed by atoms with Crippen molar-refractivity contribution in [2.75, 3.05) is 13.1 Å². The molecule has 1 aromatic rings.